The van der Waals surface area contributed by atoms with Crippen LogP contribution in [0.3, 0.4) is 0 Å². The molecule has 0 unspecified atom stereocenters. The van der Waals surface area contributed by atoms with Crippen LogP contribution in [0.2, 0.25) is 0 Å². The Hall–Kier alpha value is -4.12. The maximum atomic E-state index is 16.0. The predicted molar refractivity (Wildman–Crippen MR) is 126 cm³/mol. The highest BCUT2D eigenvalue weighted by molar-refractivity contribution is 6.02. The topological polar surface area (TPSA) is 71.1 Å². The summed E-state index contributed by atoms with van der Waals surface area (Å²) in [5.41, 5.74) is 0.0398. The normalized spacial score (nSPS) is 14.0. The maximum Gasteiger partial charge on any atom is 0.434 e. The molecule has 4 aromatic rings. The lowest BCUT2D eigenvalue weighted by molar-refractivity contribution is -0.438. The van der Waals surface area contributed by atoms with Gasteiger partial charge in [0.1, 0.15) is 28.2 Å². The van der Waals surface area contributed by atoms with E-state index in [0.717, 1.165) is 32.2 Å². The molecule has 0 fully saturated rings. The highest BCUT2D eigenvalue weighted by Gasteiger charge is 2.26. The van der Waals surface area contributed by atoms with Gasteiger partial charge in [0.15, 0.2) is 5.82 Å². The third-order valence-electron chi connectivity index (χ3n) is 6.00. The first-order chi connectivity index (χ1) is 16.5. The Balaban J connectivity index is 1.82. The van der Waals surface area contributed by atoms with Crippen LogP contribution in [0.15, 0.2) is 30.5 Å². The number of terminal acetylenes is 1. The molecule has 170 valence electrons. The van der Waals surface area contributed by atoms with E-state index in [1.54, 1.807) is 0 Å². The summed E-state index contributed by atoms with van der Waals surface area (Å²) in [5.74, 6) is 1.36. The zero-order chi connectivity index (χ0) is 23.8. The van der Waals surface area contributed by atoms with Crippen LogP contribution in [0.1, 0.15) is 31.2 Å². The van der Waals surface area contributed by atoms with Crippen molar-refractivity contribution in [3.05, 3.63) is 47.7 Å². The van der Waals surface area contributed by atoms with Crippen LogP contribution < -0.4 is 4.74 Å². The van der Waals surface area contributed by atoms with Gasteiger partial charge in [-0.25, -0.2) is 13.4 Å². The van der Waals surface area contributed by atoms with Gasteiger partial charge < -0.3 is 9.84 Å². The highest BCUT2D eigenvalue weighted by Crippen LogP contribution is 2.38. The van der Waals surface area contributed by atoms with E-state index in [0.29, 0.717) is 16.6 Å². The minimum atomic E-state index is -0.742. The minimum absolute atomic E-state index is 0.0136. The molecule has 0 atom stereocenters. The molecule has 34 heavy (non-hydrogen) atoms. The average Bonchev–Trinajstić information content (AvgIpc) is 3.13. The second kappa shape index (κ2) is 8.67. The summed E-state index contributed by atoms with van der Waals surface area (Å²) in [6.45, 7) is 0.737. The van der Waals surface area contributed by atoms with Gasteiger partial charge in [-0.15, -0.1) is 6.42 Å². The monoisotopic (exact) mass is 459 g/mol. The molecule has 1 N–H and O–H groups in total. The fraction of sp³-hybridized carbons (Fsp3) is 0.231. The van der Waals surface area contributed by atoms with Gasteiger partial charge in [0.25, 0.3) is 0 Å². The fourth-order valence-corrected chi connectivity index (χ4v) is 4.41. The number of hydrogen-bond acceptors (Lipinski definition) is 5. The SMILES string of the molecule is C#Cc1c(F)ccc2cc(O)cc(-c3ncc4c([N+]5=CCCCCC5)nc(OC)nc4c3F)c12. The van der Waals surface area contributed by atoms with Crippen molar-refractivity contribution in [3.8, 4) is 35.4 Å². The quantitative estimate of drug-likeness (QED) is 0.341. The second-order valence-corrected chi connectivity index (χ2v) is 8.10. The average molecular weight is 459 g/mol. The Bertz CT molecular complexity index is 1530. The molecule has 5 rings (SSSR count). The van der Waals surface area contributed by atoms with E-state index in [1.165, 1.54) is 37.6 Å². The maximum absolute atomic E-state index is 16.0. The highest BCUT2D eigenvalue weighted by atomic mass is 19.1. The van der Waals surface area contributed by atoms with Gasteiger partial charge in [-0.3, -0.25) is 4.98 Å². The third kappa shape index (κ3) is 3.59. The van der Waals surface area contributed by atoms with E-state index in [2.05, 4.69) is 20.9 Å². The largest absolute Gasteiger partial charge is 0.508 e. The van der Waals surface area contributed by atoms with Crippen LogP contribution in [0.4, 0.5) is 14.6 Å². The Kier molecular flexibility index (Phi) is 5.54. The van der Waals surface area contributed by atoms with Crippen molar-refractivity contribution in [2.24, 2.45) is 0 Å². The number of rotatable bonds is 3. The molecule has 0 saturated carbocycles. The molecular formula is C26H21F2N4O2+. The molecule has 0 bridgehead atoms. The van der Waals surface area contributed by atoms with Crippen LogP contribution in [0, 0.1) is 24.0 Å². The summed E-state index contributed by atoms with van der Waals surface area (Å²) in [7, 11) is 1.42. The van der Waals surface area contributed by atoms with Gasteiger partial charge in [0, 0.05) is 28.6 Å². The van der Waals surface area contributed by atoms with Gasteiger partial charge in [0.05, 0.1) is 25.4 Å². The number of hydrogen-bond donors (Lipinski definition) is 1. The lowest BCUT2D eigenvalue weighted by Gasteiger charge is -2.12. The van der Waals surface area contributed by atoms with Gasteiger partial charge in [-0.05, 0) is 42.8 Å². The number of pyridine rings is 1. The Morgan fingerprint density at radius 3 is 2.79 bits per heavy atom. The standard InChI is InChI=1S/C26H20F2N4O2/c1-3-17-20(27)9-8-15-12-16(33)13-18(21(15)17)23-22(28)24-19(14-29-23)25(31-26(30-24)34-2)32-10-6-4-5-7-11-32/h1,8-10,12-14H,4-7,11H2,2H3/p+1. The number of phenolic OH excluding ortho intramolecular Hbond substituents is 1. The number of ether oxygens (including phenoxy) is 1. The van der Waals surface area contributed by atoms with Crippen molar-refractivity contribution in [1.29, 1.82) is 0 Å². The Labute approximate surface area is 194 Å². The second-order valence-electron chi connectivity index (χ2n) is 8.10. The van der Waals surface area contributed by atoms with Crippen LogP contribution in [-0.2, 0) is 0 Å². The van der Waals surface area contributed by atoms with Crippen LogP contribution in [0.25, 0.3) is 32.9 Å². The number of fused-ring (bicyclic) bond motifs is 2. The number of methoxy groups -OCH3 is 1. The summed E-state index contributed by atoms with van der Waals surface area (Å²) in [6.07, 6.45) is 13.2. The molecule has 3 heterocycles. The Morgan fingerprint density at radius 1 is 1.15 bits per heavy atom. The molecule has 0 amide bonds. The molecule has 1 aliphatic heterocycles. The minimum Gasteiger partial charge on any atom is -0.508 e. The summed E-state index contributed by atoms with van der Waals surface area (Å²) < 4.78 is 37.8. The zero-order valence-electron chi connectivity index (χ0n) is 18.5. The van der Waals surface area contributed by atoms with E-state index in [9.17, 15) is 9.50 Å². The lowest BCUT2D eigenvalue weighted by atomic mass is 9.96. The van der Waals surface area contributed by atoms with Crippen molar-refractivity contribution in [2.75, 3.05) is 13.7 Å². The number of phenols is 1. The molecule has 2 aromatic carbocycles. The molecule has 0 saturated heterocycles. The first-order valence-electron chi connectivity index (χ1n) is 10.9. The van der Waals surface area contributed by atoms with E-state index in [-0.39, 0.29) is 39.5 Å². The van der Waals surface area contributed by atoms with E-state index in [4.69, 9.17) is 11.2 Å². The van der Waals surface area contributed by atoms with Crippen LogP contribution >= 0.6 is 0 Å². The molecule has 2 aromatic heterocycles. The molecule has 0 spiro atoms. The third-order valence-corrected chi connectivity index (χ3v) is 6.00. The summed E-state index contributed by atoms with van der Waals surface area (Å²) in [6, 6.07) is 5.48. The molecule has 8 heteroatoms. The molecule has 6 nitrogen and oxygen atoms in total. The van der Waals surface area contributed by atoms with Gasteiger partial charge in [-0.2, -0.15) is 4.98 Å². The molecule has 0 aliphatic carbocycles. The number of aromatic nitrogens is 3. The van der Waals surface area contributed by atoms with Crippen molar-refractivity contribution in [2.45, 2.75) is 25.7 Å². The first-order valence-corrected chi connectivity index (χ1v) is 10.9. The number of halogens is 2. The number of aromatic hydroxyl groups is 1. The summed E-state index contributed by atoms with van der Waals surface area (Å²) in [5, 5.41) is 11.5. The zero-order valence-corrected chi connectivity index (χ0v) is 18.5. The summed E-state index contributed by atoms with van der Waals surface area (Å²) >= 11 is 0. The van der Waals surface area contributed by atoms with Crippen molar-refractivity contribution < 1.29 is 23.2 Å². The van der Waals surface area contributed by atoms with Crippen molar-refractivity contribution in [1.82, 2.24) is 15.0 Å². The van der Waals surface area contributed by atoms with Gasteiger partial charge in [0.2, 0.25) is 0 Å². The van der Waals surface area contributed by atoms with Crippen molar-refractivity contribution in [3.63, 3.8) is 0 Å². The predicted octanol–water partition coefficient (Wildman–Crippen LogP) is 5.11. The Morgan fingerprint density at radius 2 is 2.00 bits per heavy atom. The van der Waals surface area contributed by atoms with E-state index in [1.807, 2.05) is 10.8 Å². The van der Waals surface area contributed by atoms with Crippen LogP contribution in [-0.4, -0.2) is 44.5 Å². The molecule has 0 radical (unpaired) electrons. The smallest absolute Gasteiger partial charge is 0.434 e. The van der Waals surface area contributed by atoms with E-state index >= 15 is 4.39 Å². The molecule has 1 aliphatic rings. The fourth-order valence-electron chi connectivity index (χ4n) is 4.41. The first kappa shape index (κ1) is 21.7. The van der Waals surface area contributed by atoms with Gasteiger partial charge >= 0.3 is 11.8 Å². The molecular weight excluding hydrogens is 438 g/mol. The van der Waals surface area contributed by atoms with Crippen molar-refractivity contribution >= 4 is 33.7 Å². The van der Waals surface area contributed by atoms with E-state index < -0.39 is 11.6 Å². The summed E-state index contributed by atoms with van der Waals surface area (Å²) in [4.78, 5) is 13.1. The number of nitrogens with zero attached hydrogens (tertiary/aromatic N) is 4. The van der Waals surface area contributed by atoms with Crippen LogP contribution in [0.5, 0.6) is 11.8 Å². The lowest BCUT2D eigenvalue weighted by Crippen LogP contribution is -2.11. The number of benzene rings is 2. The van der Waals surface area contributed by atoms with Gasteiger partial charge in [-0.1, -0.05) is 12.0 Å².